The van der Waals surface area contributed by atoms with E-state index in [-0.39, 0.29) is 0 Å². The van der Waals surface area contributed by atoms with Crippen LogP contribution in [0.2, 0.25) is 5.02 Å². The van der Waals surface area contributed by atoms with Crippen LogP contribution in [0.25, 0.3) is 5.69 Å². The first-order valence-corrected chi connectivity index (χ1v) is 10.2. The molecule has 0 aliphatic rings. The summed E-state index contributed by atoms with van der Waals surface area (Å²) in [6.07, 6.45) is 4.10. The Morgan fingerprint density at radius 2 is 2.11 bits per heavy atom. The topological polar surface area (TPSA) is 77.2 Å². The zero-order valence-corrected chi connectivity index (χ0v) is 17.1. The fourth-order valence-electron chi connectivity index (χ4n) is 2.10. The molecule has 2 heterocycles. The fraction of sp³-hybridized carbons (Fsp3) is 0.278. The molecule has 0 aliphatic heterocycles. The highest BCUT2D eigenvalue weighted by Crippen LogP contribution is 2.34. The Labute approximate surface area is 170 Å². The van der Waals surface area contributed by atoms with E-state index in [4.69, 9.17) is 16.3 Å². The van der Waals surface area contributed by atoms with Gasteiger partial charge in [0.2, 0.25) is 0 Å². The number of thioether (sulfide) groups is 1. The van der Waals surface area contributed by atoms with Gasteiger partial charge in [-0.3, -0.25) is 4.79 Å². The number of carbonyl (C=O) groups is 1. The lowest BCUT2D eigenvalue weighted by Crippen LogP contribution is -2.26. The first kappa shape index (κ1) is 19.7. The molecular weight excluding hydrogens is 406 g/mol. The molecule has 0 atom stereocenters. The number of hydrogen-bond acceptors (Lipinski definition) is 6. The Morgan fingerprint density at radius 1 is 1.37 bits per heavy atom. The van der Waals surface area contributed by atoms with Crippen molar-refractivity contribution < 1.29 is 14.6 Å². The molecule has 0 bridgehead atoms. The quantitative estimate of drug-likeness (QED) is 0.535. The van der Waals surface area contributed by atoms with E-state index >= 15 is 0 Å². The van der Waals surface area contributed by atoms with Gasteiger partial charge in [0.1, 0.15) is 4.75 Å². The largest absolute Gasteiger partial charge is 0.490 e. The van der Waals surface area contributed by atoms with Gasteiger partial charge in [0, 0.05) is 16.8 Å². The third-order valence-corrected chi connectivity index (χ3v) is 6.09. The standard InChI is InChI=1S/C18H18ClN3O3S2/c1-18(2,16(23)24)27-17-21-13(11-26-17)7-8-25-15-9-20-22(10-15)14-5-3-12(19)4-6-14/h3-6,9-11H,7-8H2,1-2H3,(H,23,24). The van der Waals surface area contributed by atoms with Crippen LogP contribution in [0.15, 0.2) is 46.4 Å². The highest BCUT2D eigenvalue weighted by molar-refractivity contribution is 8.02. The molecule has 0 fully saturated rings. The first-order valence-electron chi connectivity index (χ1n) is 8.14. The van der Waals surface area contributed by atoms with Crippen LogP contribution < -0.4 is 4.74 Å². The monoisotopic (exact) mass is 423 g/mol. The molecule has 3 rings (SSSR count). The summed E-state index contributed by atoms with van der Waals surface area (Å²) in [6, 6.07) is 7.38. The summed E-state index contributed by atoms with van der Waals surface area (Å²) in [5, 5.41) is 16.1. The SMILES string of the molecule is CC(C)(Sc1nc(CCOc2cnn(-c3ccc(Cl)cc3)c2)cs1)C(=O)O. The number of aliphatic carboxylic acids is 1. The summed E-state index contributed by atoms with van der Waals surface area (Å²) >= 11 is 8.59. The number of carboxylic acids is 1. The van der Waals surface area contributed by atoms with E-state index in [1.165, 1.54) is 23.1 Å². The predicted molar refractivity (Wildman–Crippen MR) is 107 cm³/mol. The van der Waals surface area contributed by atoms with E-state index in [0.29, 0.717) is 23.8 Å². The van der Waals surface area contributed by atoms with Crippen molar-refractivity contribution in [1.82, 2.24) is 14.8 Å². The minimum absolute atomic E-state index is 0.461. The average molecular weight is 424 g/mol. The molecule has 0 saturated heterocycles. The van der Waals surface area contributed by atoms with Crippen LogP contribution in [0.4, 0.5) is 0 Å². The van der Waals surface area contributed by atoms with Gasteiger partial charge in [-0.25, -0.2) is 9.67 Å². The van der Waals surface area contributed by atoms with E-state index in [0.717, 1.165) is 15.7 Å². The van der Waals surface area contributed by atoms with Crippen LogP contribution in [0, 0.1) is 0 Å². The highest BCUT2D eigenvalue weighted by atomic mass is 35.5. The van der Waals surface area contributed by atoms with Gasteiger partial charge in [-0.05, 0) is 38.1 Å². The summed E-state index contributed by atoms with van der Waals surface area (Å²) in [4.78, 5) is 15.7. The van der Waals surface area contributed by atoms with Crippen molar-refractivity contribution in [3.8, 4) is 11.4 Å². The van der Waals surface area contributed by atoms with Gasteiger partial charge in [-0.2, -0.15) is 5.10 Å². The lowest BCUT2D eigenvalue weighted by molar-refractivity contribution is -0.138. The van der Waals surface area contributed by atoms with E-state index in [9.17, 15) is 9.90 Å². The summed E-state index contributed by atoms with van der Waals surface area (Å²) in [7, 11) is 0. The number of aromatic nitrogens is 3. The van der Waals surface area contributed by atoms with Gasteiger partial charge in [0.15, 0.2) is 10.1 Å². The maximum absolute atomic E-state index is 11.2. The number of hydrogen-bond donors (Lipinski definition) is 1. The maximum atomic E-state index is 11.2. The molecule has 6 nitrogen and oxygen atoms in total. The van der Waals surface area contributed by atoms with Crippen molar-refractivity contribution >= 4 is 40.7 Å². The molecular formula is C18H18ClN3O3S2. The van der Waals surface area contributed by atoms with Crippen molar-refractivity contribution in [2.45, 2.75) is 29.4 Å². The van der Waals surface area contributed by atoms with Gasteiger partial charge in [0.05, 0.1) is 30.4 Å². The second kappa shape index (κ2) is 8.33. The number of carboxylic acid groups (broad SMARTS) is 1. The maximum Gasteiger partial charge on any atom is 0.319 e. The zero-order chi connectivity index (χ0) is 19.4. The van der Waals surface area contributed by atoms with Crippen LogP contribution in [0.5, 0.6) is 5.75 Å². The molecule has 3 aromatic rings. The average Bonchev–Trinajstić information content (AvgIpc) is 3.25. The second-order valence-corrected chi connectivity index (χ2v) is 9.38. The van der Waals surface area contributed by atoms with E-state index in [1.807, 2.05) is 29.6 Å². The molecule has 0 saturated carbocycles. The molecule has 142 valence electrons. The normalized spacial score (nSPS) is 11.5. The molecule has 0 aliphatic carbocycles. The highest BCUT2D eigenvalue weighted by Gasteiger charge is 2.29. The summed E-state index contributed by atoms with van der Waals surface area (Å²) in [5.41, 5.74) is 1.78. The van der Waals surface area contributed by atoms with Crippen LogP contribution >= 0.6 is 34.7 Å². The summed E-state index contributed by atoms with van der Waals surface area (Å²) in [6.45, 7) is 3.80. The fourth-order valence-corrected chi connectivity index (χ4v) is 4.45. The molecule has 1 N–H and O–H groups in total. The lowest BCUT2D eigenvalue weighted by atomic mass is 10.2. The van der Waals surface area contributed by atoms with Crippen molar-refractivity contribution in [1.29, 1.82) is 0 Å². The van der Waals surface area contributed by atoms with E-state index in [2.05, 4.69) is 10.1 Å². The minimum atomic E-state index is -0.901. The van der Waals surface area contributed by atoms with Gasteiger partial charge >= 0.3 is 5.97 Å². The lowest BCUT2D eigenvalue weighted by Gasteiger charge is -2.15. The van der Waals surface area contributed by atoms with Gasteiger partial charge < -0.3 is 9.84 Å². The molecule has 1 aromatic carbocycles. The first-order chi connectivity index (χ1) is 12.8. The molecule has 0 radical (unpaired) electrons. The number of halogens is 1. The molecule has 0 amide bonds. The Hall–Kier alpha value is -2.03. The Bertz CT molecular complexity index is 922. The van der Waals surface area contributed by atoms with E-state index in [1.54, 1.807) is 30.9 Å². The third-order valence-electron chi connectivity index (χ3n) is 3.67. The second-order valence-electron chi connectivity index (χ2n) is 6.22. The minimum Gasteiger partial charge on any atom is -0.490 e. The summed E-state index contributed by atoms with van der Waals surface area (Å²) < 4.78 is 7.30. The van der Waals surface area contributed by atoms with Gasteiger partial charge in [-0.1, -0.05) is 23.4 Å². The van der Waals surface area contributed by atoms with Gasteiger partial charge in [-0.15, -0.1) is 11.3 Å². The van der Waals surface area contributed by atoms with Crippen molar-refractivity contribution in [3.63, 3.8) is 0 Å². The van der Waals surface area contributed by atoms with Crippen molar-refractivity contribution in [3.05, 3.63) is 52.8 Å². The van der Waals surface area contributed by atoms with Crippen molar-refractivity contribution in [2.24, 2.45) is 0 Å². The number of benzene rings is 1. The predicted octanol–water partition coefficient (Wildman–Crippen LogP) is 4.56. The summed E-state index contributed by atoms with van der Waals surface area (Å²) in [5.74, 6) is -0.188. The molecule has 0 unspecified atom stereocenters. The number of ether oxygens (including phenoxy) is 1. The smallest absolute Gasteiger partial charge is 0.319 e. The number of nitrogens with zero attached hydrogens (tertiary/aromatic N) is 3. The molecule has 0 spiro atoms. The Balaban J connectivity index is 1.52. The van der Waals surface area contributed by atoms with Gasteiger partial charge in [0.25, 0.3) is 0 Å². The van der Waals surface area contributed by atoms with Crippen molar-refractivity contribution in [2.75, 3.05) is 6.61 Å². The molecule has 27 heavy (non-hydrogen) atoms. The van der Waals surface area contributed by atoms with E-state index < -0.39 is 10.7 Å². The van der Waals surface area contributed by atoms with Crippen LogP contribution in [-0.4, -0.2) is 37.2 Å². The number of rotatable bonds is 8. The Kier molecular flexibility index (Phi) is 6.08. The third kappa shape index (κ3) is 5.24. The van der Waals surface area contributed by atoms with Crippen LogP contribution in [-0.2, 0) is 11.2 Å². The zero-order valence-electron chi connectivity index (χ0n) is 14.8. The number of thiazole rings is 1. The Morgan fingerprint density at radius 3 is 2.81 bits per heavy atom. The molecule has 9 heteroatoms. The van der Waals surface area contributed by atoms with Crippen LogP contribution in [0.1, 0.15) is 19.5 Å². The molecule has 2 aromatic heterocycles. The van der Waals surface area contributed by atoms with Crippen LogP contribution in [0.3, 0.4) is 0 Å².